The van der Waals surface area contributed by atoms with Crippen molar-refractivity contribution in [2.45, 2.75) is 0 Å². The van der Waals surface area contributed by atoms with Crippen LogP contribution in [-0.4, -0.2) is 4.98 Å². The van der Waals surface area contributed by atoms with Gasteiger partial charge in [0, 0.05) is 16.0 Å². The van der Waals surface area contributed by atoms with Crippen molar-refractivity contribution >= 4 is 22.6 Å². The van der Waals surface area contributed by atoms with E-state index in [0.717, 1.165) is 14.7 Å². The monoisotopic (exact) mass is 299 g/mol. The smallest absolute Gasteiger partial charge is 0.123 e. The fraction of sp³-hybridized carbons (Fsp3) is 0. The summed E-state index contributed by atoms with van der Waals surface area (Å²) in [7, 11) is 0. The van der Waals surface area contributed by atoms with Gasteiger partial charge in [-0.2, -0.15) is 0 Å². The lowest BCUT2D eigenvalue weighted by Crippen LogP contribution is -1.85. The Hall–Kier alpha value is -0.970. The van der Waals surface area contributed by atoms with Gasteiger partial charge in [-0.05, 0) is 64.0 Å². The van der Waals surface area contributed by atoms with Crippen molar-refractivity contribution < 1.29 is 4.39 Å². The molecule has 70 valence electrons. The van der Waals surface area contributed by atoms with E-state index in [4.69, 9.17) is 0 Å². The minimum absolute atomic E-state index is 0.211. The number of nitrogens with zero attached hydrogens (tertiary/aromatic N) is 1. The van der Waals surface area contributed by atoms with Crippen LogP contribution in [0.15, 0.2) is 42.7 Å². The van der Waals surface area contributed by atoms with Gasteiger partial charge < -0.3 is 0 Å². The minimum Gasteiger partial charge on any atom is -0.265 e. The second-order valence-electron chi connectivity index (χ2n) is 2.86. The zero-order valence-electron chi connectivity index (χ0n) is 7.24. The second kappa shape index (κ2) is 4.04. The van der Waals surface area contributed by atoms with Crippen LogP contribution in [0.1, 0.15) is 0 Å². The summed E-state index contributed by atoms with van der Waals surface area (Å²) < 4.78 is 14.1. The highest BCUT2D eigenvalue weighted by atomic mass is 127. The number of hydrogen-bond donors (Lipinski definition) is 0. The van der Waals surface area contributed by atoms with Crippen LogP contribution in [0.3, 0.4) is 0 Å². The molecule has 0 amide bonds. The number of hydrogen-bond acceptors (Lipinski definition) is 1. The van der Waals surface area contributed by atoms with Crippen LogP contribution in [0.4, 0.5) is 4.39 Å². The molecule has 0 unspecified atom stereocenters. The molecule has 0 bridgehead atoms. The standard InChI is InChI=1S/C11H7FIN/c12-9-1-2-11(13)10(7-9)8-3-5-14-6-4-8/h1-7H. The van der Waals surface area contributed by atoms with Gasteiger partial charge >= 0.3 is 0 Å². The summed E-state index contributed by atoms with van der Waals surface area (Å²) in [5.74, 6) is -0.211. The molecule has 0 spiro atoms. The van der Waals surface area contributed by atoms with Crippen molar-refractivity contribution in [3.8, 4) is 11.1 Å². The van der Waals surface area contributed by atoms with Gasteiger partial charge in [-0.25, -0.2) is 4.39 Å². The highest BCUT2D eigenvalue weighted by Gasteiger charge is 2.03. The first-order valence-corrected chi connectivity index (χ1v) is 5.21. The first kappa shape index (κ1) is 9.58. The van der Waals surface area contributed by atoms with Gasteiger partial charge in [0.05, 0.1) is 0 Å². The molecule has 1 heterocycles. The Labute approximate surface area is 95.1 Å². The third kappa shape index (κ3) is 1.92. The summed E-state index contributed by atoms with van der Waals surface area (Å²) >= 11 is 2.19. The Morgan fingerprint density at radius 3 is 2.50 bits per heavy atom. The molecule has 1 aromatic carbocycles. The SMILES string of the molecule is Fc1ccc(I)c(-c2ccncc2)c1. The lowest BCUT2D eigenvalue weighted by atomic mass is 10.1. The van der Waals surface area contributed by atoms with E-state index in [2.05, 4.69) is 27.6 Å². The van der Waals surface area contributed by atoms with Gasteiger partial charge in [0.1, 0.15) is 5.82 Å². The first-order valence-electron chi connectivity index (χ1n) is 4.13. The van der Waals surface area contributed by atoms with Crippen LogP contribution < -0.4 is 0 Å². The largest absolute Gasteiger partial charge is 0.265 e. The molecular formula is C11H7FIN. The molecule has 3 heteroatoms. The van der Waals surface area contributed by atoms with Crippen molar-refractivity contribution in [2.75, 3.05) is 0 Å². The lowest BCUT2D eigenvalue weighted by molar-refractivity contribution is 0.628. The Balaban J connectivity index is 2.57. The van der Waals surface area contributed by atoms with E-state index in [1.165, 1.54) is 12.1 Å². The zero-order chi connectivity index (χ0) is 9.97. The predicted molar refractivity (Wildman–Crippen MR) is 62.3 cm³/mol. The van der Waals surface area contributed by atoms with Gasteiger partial charge in [0.15, 0.2) is 0 Å². The molecular weight excluding hydrogens is 292 g/mol. The average molecular weight is 299 g/mol. The highest BCUT2D eigenvalue weighted by Crippen LogP contribution is 2.25. The van der Waals surface area contributed by atoms with Gasteiger partial charge in [-0.15, -0.1) is 0 Å². The van der Waals surface area contributed by atoms with Crippen LogP contribution in [0, 0.1) is 9.39 Å². The van der Waals surface area contributed by atoms with Gasteiger partial charge in [-0.3, -0.25) is 4.98 Å². The molecule has 1 aromatic heterocycles. The normalized spacial score (nSPS) is 10.1. The zero-order valence-corrected chi connectivity index (χ0v) is 9.40. The second-order valence-corrected chi connectivity index (χ2v) is 4.02. The number of pyridine rings is 1. The topological polar surface area (TPSA) is 12.9 Å². The molecule has 0 aliphatic rings. The van der Waals surface area contributed by atoms with Crippen molar-refractivity contribution in [3.63, 3.8) is 0 Å². The molecule has 1 nitrogen and oxygen atoms in total. The molecule has 0 saturated heterocycles. The minimum atomic E-state index is -0.211. The first-order chi connectivity index (χ1) is 6.77. The van der Waals surface area contributed by atoms with Crippen molar-refractivity contribution in [2.24, 2.45) is 0 Å². The molecule has 0 aliphatic carbocycles. The molecule has 0 N–H and O–H groups in total. The van der Waals surface area contributed by atoms with Gasteiger partial charge in [-0.1, -0.05) is 0 Å². The van der Waals surface area contributed by atoms with Crippen molar-refractivity contribution in [3.05, 3.63) is 52.1 Å². The van der Waals surface area contributed by atoms with Crippen LogP contribution in [0.5, 0.6) is 0 Å². The highest BCUT2D eigenvalue weighted by molar-refractivity contribution is 14.1. The summed E-state index contributed by atoms with van der Waals surface area (Å²) in [6.45, 7) is 0. The van der Waals surface area contributed by atoms with E-state index in [1.807, 2.05) is 12.1 Å². The summed E-state index contributed by atoms with van der Waals surface area (Å²) in [5, 5.41) is 0. The summed E-state index contributed by atoms with van der Waals surface area (Å²) in [6, 6.07) is 8.52. The average Bonchev–Trinajstić information content (AvgIpc) is 2.23. The third-order valence-electron chi connectivity index (χ3n) is 1.92. The molecule has 2 aromatic rings. The number of rotatable bonds is 1. The van der Waals surface area contributed by atoms with E-state index < -0.39 is 0 Å². The maximum Gasteiger partial charge on any atom is 0.123 e. The number of aromatic nitrogens is 1. The Bertz CT molecular complexity index is 442. The predicted octanol–water partition coefficient (Wildman–Crippen LogP) is 3.49. The fourth-order valence-electron chi connectivity index (χ4n) is 1.25. The maximum absolute atomic E-state index is 13.0. The van der Waals surface area contributed by atoms with E-state index in [1.54, 1.807) is 18.5 Å². The molecule has 14 heavy (non-hydrogen) atoms. The molecule has 0 radical (unpaired) electrons. The molecule has 0 fully saturated rings. The summed E-state index contributed by atoms with van der Waals surface area (Å²) in [5.41, 5.74) is 1.90. The quantitative estimate of drug-likeness (QED) is 0.735. The maximum atomic E-state index is 13.0. The van der Waals surface area contributed by atoms with Crippen LogP contribution in [0.25, 0.3) is 11.1 Å². The van der Waals surface area contributed by atoms with Crippen molar-refractivity contribution in [1.82, 2.24) is 4.98 Å². The Morgan fingerprint density at radius 2 is 1.79 bits per heavy atom. The summed E-state index contributed by atoms with van der Waals surface area (Å²) in [6.07, 6.45) is 3.41. The lowest BCUT2D eigenvalue weighted by Gasteiger charge is -2.03. The number of benzene rings is 1. The third-order valence-corrected chi connectivity index (χ3v) is 2.86. The molecule has 0 atom stereocenters. The van der Waals surface area contributed by atoms with E-state index in [-0.39, 0.29) is 5.82 Å². The fourth-order valence-corrected chi connectivity index (χ4v) is 1.90. The van der Waals surface area contributed by atoms with E-state index in [0.29, 0.717) is 0 Å². The summed E-state index contributed by atoms with van der Waals surface area (Å²) in [4.78, 5) is 3.93. The van der Waals surface area contributed by atoms with Crippen LogP contribution in [0.2, 0.25) is 0 Å². The Morgan fingerprint density at radius 1 is 1.07 bits per heavy atom. The van der Waals surface area contributed by atoms with Gasteiger partial charge in [0.25, 0.3) is 0 Å². The van der Waals surface area contributed by atoms with Crippen LogP contribution >= 0.6 is 22.6 Å². The van der Waals surface area contributed by atoms with E-state index >= 15 is 0 Å². The molecule has 0 aliphatic heterocycles. The molecule has 2 rings (SSSR count). The van der Waals surface area contributed by atoms with Gasteiger partial charge in [0.2, 0.25) is 0 Å². The van der Waals surface area contributed by atoms with Crippen LogP contribution in [-0.2, 0) is 0 Å². The Kier molecular flexibility index (Phi) is 2.77. The molecule has 0 saturated carbocycles. The van der Waals surface area contributed by atoms with E-state index in [9.17, 15) is 4.39 Å². The van der Waals surface area contributed by atoms with Crippen molar-refractivity contribution in [1.29, 1.82) is 0 Å². The number of halogens is 2.